The minimum absolute atomic E-state index is 0.353. The normalized spacial score (nSPS) is 14.4. The number of tetrazole rings is 1. The molecule has 10 heteroatoms. The average Bonchev–Trinajstić information content (AvgIpc) is 3.27. The molecule has 4 aromatic rings. The summed E-state index contributed by atoms with van der Waals surface area (Å²) < 4.78 is 12.3. The number of ether oxygens (including phenoxy) is 2. The fraction of sp³-hybridized carbons (Fsp3) is 0.150. The molecule has 2 aromatic carbocycles. The van der Waals surface area contributed by atoms with Crippen molar-refractivity contribution in [3.63, 3.8) is 0 Å². The standard InChI is InChI=1S/C20H17N7O3/c1-29-13-8-6-11(7-9-13)16-15-17(19(28)23-22-16)21-20-24-25-26-27(20)18(15)12-4-3-5-14(10-12)30-2/h3-10,18H,1-2H3,(H,23,28)(H,21,24,26)/t18-/m0/s1. The lowest BCUT2D eigenvalue weighted by atomic mass is 9.92. The Morgan fingerprint density at radius 3 is 2.60 bits per heavy atom. The van der Waals surface area contributed by atoms with Crippen molar-refractivity contribution in [1.29, 1.82) is 0 Å². The number of hydrogen-bond donors (Lipinski definition) is 2. The highest BCUT2D eigenvalue weighted by atomic mass is 16.5. The summed E-state index contributed by atoms with van der Waals surface area (Å²) in [5.74, 6) is 1.78. The molecular formula is C20H17N7O3. The van der Waals surface area contributed by atoms with Crippen LogP contribution in [0.3, 0.4) is 0 Å². The molecule has 5 rings (SSSR count). The molecule has 150 valence electrons. The van der Waals surface area contributed by atoms with Crippen LogP contribution >= 0.6 is 0 Å². The molecule has 0 bridgehead atoms. The SMILES string of the molecule is COc1ccc(-c2n[nH]c(=O)c3c2[C@H](c2cccc(OC)c2)n2nnnc2N3)cc1. The Bertz CT molecular complexity index is 1280. The van der Waals surface area contributed by atoms with E-state index in [1.54, 1.807) is 18.9 Å². The number of aromatic amines is 1. The zero-order valence-corrected chi connectivity index (χ0v) is 16.2. The molecule has 0 saturated carbocycles. The van der Waals surface area contributed by atoms with Gasteiger partial charge in [0.1, 0.15) is 23.2 Å². The predicted molar refractivity (Wildman–Crippen MR) is 108 cm³/mol. The number of benzene rings is 2. The maximum Gasteiger partial charge on any atom is 0.288 e. The van der Waals surface area contributed by atoms with Gasteiger partial charge in [0, 0.05) is 11.1 Å². The number of fused-ring (bicyclic) bond motifs is 2. The van der Waals surface area contributed by atoms with Crippen LogP contribution in [0.1, 0.15) is 17.2 Å². The molecule has 0 unspecified atom stereocenters. The van der Waals surface area contributed by atoms with Crippen LogP contribution in [0.4, 0.5) is 11.6 Å². The van der Waals surface area contributed by atoms with Crippen molar-refractivity contribution in [2.24, 2.45) is 0 Å². The van der Waals surface area contributed by atoms with Gasteiger partial charge < -0.3 is 14.8 Å². The Hall–Kier alpha value is -4.21. The van der Waals surface area contributed by atoms with Gasteiger partial charge in [-0.25, -0.2) is 5.10 Å². The summed E-state index contributed by atoms with van der Waals surface area (Å²) in [6.45, 7) is 0. The van der Waals surface area contributed by atoms with Crippen LogP contribution in [-0.4, -0.2) is 44.6 Å². The van der Waals surface area contributed by atoms with Crippen LogP contribution in [0.2, 0.25) is 0 Å². The Morgan fingerprint density at radius 2 is 1.83 bits per heavy atom. The summed E-state index contributed by atoms with van der Waals surface area (Å²) in [4.78, 5) is 12.7. The molecule has 1 aliphatic rings. The molecule has 0 saturated heterocycles. The van der Waals surface area contributed by atoms with E-state index in [-0.39, 0.29) is 5.56 Å². The number of hydrogen-bond acceptors (Lipinski definition) is 8. The van der Waals surface area contributed by atoms with Crippen molar-refractivity contribution in [1.82, 2.24) is 30.4 Å². The van der Waals surface area contributed by atoms with Crippen molar-refractivity contribution < 1.29 is 9.47 Å². The largest absolute Gasteiger partial charge is 0.497 e. The fourth-order valence-electron chi connectivity index (χ4n) is 3.63. The van der Waals surface area contributed by atoms with E-state index in [4.69, 9.17) is 9.47 Å². The van der Waals surface area contributed by atoms with Crippen LogP contribution in [0.25, 0.3) is 11.3 Å². The minimum Gasteiger partial charge on any atom is -0.497 e. The van der Waals surface area contributed by atoms with Gasteiger partial charge in [0.25, 0.3) is 5.56 Å². The number of nitrogens with one attached hydrogen (secondary N) is 2. The molecular weight excluding hydrogens is 386 g/mol. The van der Waals surface area contributed by atoms with E-state index in [1.165, 1.54) is 0 Å². The molecule has 10 nitrogen and oxygen atoms in total. The van der Waals surface area contributed by atoms with Gasteiger partial charge in [-0.05, 0) is 52.4 Å². The second kappa shape index (κ2) is 6.99. The first-order chi connectivity index (χ1) is 14.7. The highest BCUT2D eigenvalue weighted by Gasteiger charge is 2.34. The maximum absolute atomic E-state index is 12.7. The summed E-state index contributed by atoms with van der Waals surface area (Å²) in [5.41, 5.74) is 2.93. The molecule has 0 amide bonds. The third-order valence-corrected chi connectivity index (χ3v) is 5.04. The first kappa shape index (κ1) is 17.9. The lowest BCUT2D eigenvalue weighted by Gasteiger charge is -2.28. The van der Waals surface area contributed by atoms with E-state index in [0.29, 0.717) is 28.6 Å². The van der Waals surface area contributed by atoms with Crippen molar-refractivity contribution >= 4 is 11.6 Å². The van der Waals surface area contributed by atoms with Crippen LogP contribution in [0.15, 0.2) is 53.3 Å². The second-order valence-corrected chi connectivity index (χ2v) is 6.67. The van der Waals surface area contributed by atoms with Crippen molar-refractivity contribution in [2.45, 2.75) is 6.04 Å². The topological polar surface area (TPSA) is 120 Å². The summed E-state index contributed by atoms with van der Waals surface area (Å²) in [6.07, 6.45) is 0. The van der Waals surface area contributed by atoms with Crippen molar-refractivity contribution in [3.05, 3.63) is 70.0 Å². The van der Waals surface area contributed by atoms with Crippen LogP contribution in [0, 0.1) is 0 Å². The zero-order chi connectivity index (χ0) is 20.7. The number of H-pyrrole nitrogens is 1. The minimum atomic E-state index is -0.478. The van der Waals surface area contributed by atoms with Gasteiger partial charge in [-0.15, -0.1) is 0 Å². The molecule has 2 aromatic heterocycles. The van der Waals surface area contributed by atoms with Crippen LogP contribution in [-0.2, 0) is 0 Å². The zero-order valence-electron chi connectivity index (χ0n) is 16.2. The van der Waals surface area contributed by atoms with Crippen molar-refractivity contribution in [3.8, 4) is 22.8 Å². The van der Waals surface area contributed by atoms with Crippen molar-refractivity contribution in [2.75, 3.05) is 19.5 Å². The maximum atomic E-state index is 12.7. The van der Waals surface area contributed by atoms with E-state index < -0.39 is 6.04 Å². The van der Waals surface area contributed by atoms with Gasteiger partial charge in [-0.3, -0.25) is 4.79 Å². The average molecular weight is 403 g/mol. The number of methoxy groups -OCH3 is 2. The lowest BCUT2D eigenvalue weighted by Crippen LogP contribution is -2.29. The second-order valence-electron chi connectivity index (χ2n) is 6.67. The molecule has 2 N–H and O–H groups in total. The Morgan fingerprint density at radius 1 is 1.03 bits per heavy atom. The van der Waals surface area contributed by atoms with E-state index >= 15 is 0 Å². The number of nitrogens with zero attached hydrogens (tertiary/aromatic N) is 5. The van der Waals surface area contributed by atoms with Gasteiger partial charge in [0.05, 0.1) is 19.9 Å². The Labute approximate surface area is 170 Å². The van der Waals surface area contributed by atoms with E-state index in [2.05, 4.69) is 31.0 Å². The fourth-order valence-corrected chi connectivity index (χ4v) is 3.63. The summed E-state index contributed by atoms with van der Waals surface area (Å²) in [7, 11) is 3.21. The first-order valence-electron chi connectivity index (χ1n) is 9.15. The summed E-state index contributed by atoms with van der Waals surface area (Å²) in [6, 6.07) is 14.5. The molecule has 0 fully saturated rings. The molecule has 0 aliphatic carbocycles. The molecule has 30 heavy (non-hydrogen) atoms. The molecule has 1 atom stereocenters. The number of anilines is 2. The third-order valence-electron chi connectivity index (χ3n) is 5.04. The quantitative estimate of drug-likeness (QED) is 0.468. The summed E-state index contributed by atoms with van der Waals surface area (Å²) >= 11 is 0. The lowest BCUT2D eigenvalue weighted by molar-refractivity contribution is 0.413. The molecule has 1 aliphatic heterocycles. The Balaban J connectivity index is 1.78. The summed E-state index contributed by atoms with van der Waals surface area (Å²) in [5, 5.41) is 21.9. The monoisotopic (exact) mass is 403 g/mol. The number of aromatic nitrogens is 6. The first-order valence-corrected chi connectivity index (χ1v) is 9.15. The van der Waals surface area contributed by atoms with E-state index in [1.807, 2.05) is 48.5 Å². The van der Waals surface area contributed by atoms with Gasteiger partial charge >= 0.3 is 0 Å². The van der Waals surface area contributed by atoms with Gasteiger partial charge in [0.15, 0.2) is 0 Å². The Kier molecular flexibility index (Phi) is 4.16. The molecule has 0 radical (unpaired) electrons. The smallest absolute Gasteiger partial charge is 0.288 e. The highest BCUT2D eigenvalue weighted by molar-refractivity contribution is 5.75. The third kappa shape index (κ3) is 2.77. The van der Waals surface area contributed by atoms with Crippen LogP contribution in [0.5, 0.6) is 11.5 Å². The molecule has 3 heterocycles. The van der Waals surface area contributed by atoms with Gasteiger partial charge in [0.2, 0.25) is 5.95 Å². The van der Waals surface area contributed by atoms with E-state index in [0.717, 1.165) is 16.9 Å². The van der Waals surface area contributed by atoms with Gasteiger partial charge in [-0.2, -0.15) is 9.78 Å². The molecule has 0 spiro atoms. The van der Waals surface area contributed by atoms with Gasteiger partial charge in [-0.1, -0.05) is 17.2 Å². The highest BCUT2D eigenvalue weighted by Crippen LogP contribution is 2.41. The number of rotatable bonds is 4. The van der Waals surface area contributed by atoms with E-state index in [9.17, 15) is 4.79 Å². The van der Waals surface area contributed by atoms with Crippen LogP contribution < -0.4 is 20.3 Å². The predicted octanol–water partition coefficient (Wildman–Crippen LogP) is 2.14.